The van der Waals surface area contributed by atoms with Gasteiger partial charge < -0.3 is 4.74 Å². The average Bonchev–Trinajstić information content (AvgIpc) is 3.13. The van der Waals surface area contributed by atoms with Gasteiger partial charge in [-0.2, -0.15) is 9.78 Å². The molecule has 30 heavy (non-hydrogen) atoms. The lowest BCUT2D eigenvalue weighted by molar-refractivity contribution is 0.209. The first-order chi connectivity index (χ1) is 14.6. The Morgan fingerprint density at radius 1 is 1.07 bits per heavy atom. The molecular formula is C24H21ClFN3O. The third-order valence-electron chi connectivity index (χ3n) is 5.65. The summed E-state index contributed by atoms with van der Waals surface area (Å²) in [7, 11) is 0. The van der Waals surface area contributed by atoms with Crippen LogP contribution < -0.4 is 4.74 Å². The second-order valence-electron chi connectivity index (χ2n) is 7.63. The summed E-state index contributed by atoms with van der Waals surface area (Å²) in [5, 5.41) is 6.40. The van der Waals surface area contributed by atoms with Gasteiger partial charge in [0.25, 0.3) is 0 Å². The maximum Gasteiger partial charge on any atom is 0.227 e. The quantitative estimate of drug-likeness (QED) is 0.392. The molecule has 0 fully saturated rings. The Morgan fingerprint density at radius 2 is 1.83 bits per heavy atom. The van der Waals surface area contributed by atoms with E-state index in [9.17, 15) is 4.39 Å². The molecule has 4 aromatic rings. The largest absolute Gasteiger partial charge is 0.469 e. The third kappa shape index (κ3) is 3.33. The van der Waals surface area contributed by atoms with Crippen molar-refractivity contribution in [2.24, 2.45) is 0 Å². The summed E-state index contributed by atoms with van der Waals surface area (Å²) < 4.78 is 22.4. The maximum atomic E-state index is 14.3. The lowest BCUT2D eigenvalue weighted by atomic mass is 9.95. The standard InChI is InChI=1S/C24H21ClFN3O/c1-15(18-6-2-4-8-21(18)26)30-24-20-14-27-22-9-5-3-7-19(22)23(20)28-29(24)17-12-10-16(25)11-13-17/h2,4,6,8,10-15H,3,5,7,9H2,1H3. The molecule has 1 aliphatic rings. The normalized spacial score (nSPS) is 14.5. The SMILES string of the molecule is CC(Oc1c2cnc3c(c2nn1-c1ccc(Cl)cc1)CCCC3)c1ccccc1F. The Labute approximate surface area is 179 Å². The second kappa shape index (κ2) is 7.73. The monoisotopic (exact) mass is 421 g/mol. The van der Waals surface area contributed by atoms with Crippen LogP contribution in [0.2, 0.25) is 5.02 Å². The highest BCUT2D eigenvalue weighted by molar-refractivity contribution is 6.30. The van der Waals surface area contributed by atoms with Crippen molar-refractivity contribution in [2.75, 3.05) is 0 Å². The molecule has 6 heteroatoms. The van der Waals surface area contributed by atoms with Gasteiger partial charge in [-0.1, -0.05) is 29.8 Å². The summed E-state index contributed by atoms with van der Waals surface area (Å²) in [4.78, 5) is 4.70. The van der Waals surface area contributed by atoms with Gasteiger partial charge in [-0.3, -0.25) is 4.98 Å². The Hall–Kier alpha value is -2.92. The number of aryl methyl sites for hydroxylation is 2. The number of hydrogen-bond donors (Lipinski definition) is 0. The lowest BCUT2D eigenvalue weighted by Crippen LogP contribution is -2.09. The molecule has 152 valence electrons. The minimum Gasteiger partial charge on any atom is -0.469 e. The second-order valence-corrected chi connectivity index (χ2v) is 8.06. The predicted octanol–water partition coefficient (Wildman–Crippen LogP) is 6.23. The van der Waals surface area contributed by atoms with Crippen molar-refractivity contribution < 1.29 is 9.13 Å². The van der Waals surface area contributed by atoms with Crippen molar-refractivity contribution in [3.63, 3.8) is 0 Å². The summed E-state index contributed by atoms with van der Waals surface area (Å²) >= 11 is 6.08. The molecule has 2 aromatic carbocycles. The van der Waals surface area contributed by atoms with Gasteiger partial charge in [-0.05, 0) is 62.9 Å². The Kier molecular flexibility index (Phi) is 4.91. The van der Waals surface area contributed by atoms with Crippen LogP contribution in [0.4, 0.5) is 4.39 Å². The molecule has 0 spiro atoms. The number of pyridine rings is 1. The van der Waals surface area contributed by atoms with E-state index in [0.29, 0.717) is 16.5 Å². The average molecular weight is 422 g/mol. The molecule has 0 saturated heterocycles. The number of hydrogen-bond acceptors (Lipinski definition) is 3. The van der Waals surface area contributed by atoms with Crippen LogP contribution in [-0.2, 0) is 12.8 Å². The van der Waals surface area contributed by atoms with Gasteiger partial charge in [-0.25, -0.2) is 4.39 Å². The zero-order chi connectivity index (χ0) is 20.7. The minimum absolute atomic E-state index is 0.289. The number of benzene rings is 2. The third-order valence-corrected chi connectivity index (χ3v) is 5.91. The fourth-order valence-electron chi connectivity index (χ4n) is 4.09. The van der Waals surface area contributed by atoms with Crippen LogP contribution in [-0.4, -0.2) is 14.8 Å². The first kappa shape index (κ1) is 19.1. The Bertz CT molecular complexity index is 1220. The molecular weight excluding hydrogens is 401 g/mol. The van der Waals surface area contributed by atoms with Crippen molar-refractivity contribution >= 4 is 22.5 Å². The highest BCUT2D eigenvalue weighted by atomic mass is 35.5. The van der Waals surface area contributed by atoms with E-state index in [1.807, 2.05) is 43.5 Å². The Balaban J connectivity index is 1.67. The van der Waals surface area contributed by atoms with Crippen LogP contribution in [0.25, 0.3) is 16.6 Å². The van der Waals surface area contributed by atoms with E-state index in [1.54, 1.807) is 16.8 Å². The summed E-state index contributed by atoms with van der Waals surface area (Å²) in [5.74, 6) is 0.270. The summed E-state index contributed by atoms with van der Waals surface area (Å²) in [6.07, 6.45) is 5.55. The number of aromatic nitrogens is 3. The zero-order valence-electron chi connectivity index (χ0n) is 16.6. The smallest absolute Gasteiger partial charge is 0.227 e. The summed E-state index contributed by atoms with van der Waals surface area (Å²) in [6.45, 7) is 1.84. The van der Waals surface area contributed by atoms with Crippen LogP contribution >= 0.6 is 11.6 Å². The first-order valence-electron chi connectivity index (χ1n) is 10.2. The molecule has 4 nitrogen and oxygen atoms in total. The summed E-state index contributed by atoms with van der Waals surface area (Å²) in [6, 6.07) is 14.1. The van der Waals surface area contributed by atoms with Crippen molar-refractivity contribution in [3.05, 3.63) is 82.4 Å². The van der Waals surface area contributed by atoms with Crippen LogP contribution in [0.5, 0.6) is 5.88 Å². The van der Waals surface area contributed by atoms with E-state index >= 15 is 0 Å². The topological polar surface area (TPSA) is 39.9 Å². The van der Waals surface area contributed by atoms with E-state index in [4.69, 9.17) is 26.4 Å². The van der Waals surface area contributed by atoms with Gasteiger partial charge in [-0.15, -0.1) is 0 Å². The van der Waals surface area contributed by atoms with E-state index < -0.39 is 6.10 Å². The first-order valence-corrected chi connectivity index (χ1v) is 10.6. The zero-order valence-corrected chi connectivity index (χ0v) is 17.4. The maximum absolute atomic E-state index is 14.3. The molecule has 0 N–H and O–H groups in total. The van der Waals surface area contributed by atoms with E-state index in [2.05, 4.69) is 0 Å². The fraction of sp³-hybridized carbons (Fsp3) is 0.250. The highest BCUT2D eigenvalue weighted by Gasteiger charge is 2.24. The molecule has 5 rings (SSSR count). The number of fused-ring (bicyclic) bond motifs is 3. The van der Waals surface area contributed by atoms with Gasteiger partial charge in [0.2, 0.25) is 5.88 Å². The van der Waals surface area contributed by atoms with Gasteiger partial charge in [0, 0.05) is 28.0 Å². The van der Waals surface area contributed by atoms with Crippen LogP contribution in [0.3, 0.4) is 0 Å². The molecule has 0 aliphatic heterocycles. The van der Waals surface area contributed by atoms with Crippen LogP contribution in [0.15, 0.2) is 54.7 Å². The van der Waals surface area contributed by atoms with Gasteiger partial charge >= 0.3 is 0 Å². The fourth-order valence-corrected chi connectivity index (χ4v) is 4.22. The van der Waals surface area contributed by atoms with Gasteiger partial charge in [0.1, 0.15) is 17.4 Å². The lowest BCUT2D eigenvalue weighted by Gasteiger charge is -2.17. The van der Waals surface area contributed by atoms with Crippen molar-refractivity contribution in [3.8, 4) is 11.6 Å². The molecule has 1 atom stereocenters. The highest BCUT2D eigenvalue weighted by Crippen LogP contribution is 2.36. The van der Waals surface area contributed by atoms with Crippen LogP contribution in [0, 0.1) is 5.82 Å². The van der Waals surface area contributed by atoms with E-state index in [0.717, 1.165) is 48.0 Å². The minimum atomic E-state index is -0.492. The van der Waals surface area contributed by atoms with Gasteiger partial charge in [0.05, 0.1) is 11.1 Å². The molecule has 2 heterocycles. The van der Waals surface area contributed by atoms with Crippen LogP contribution in [0.1, 0.15) is 42.7 Å². The van der Waals surface area contributed by atoms with E-state index in [1.165, 1.54) is 11.6 Å². The van der Waals surface area contributed by atoms with E-state index in [-0.39, 0.29) is 5.82 Å². The molecule has 0 radical (unpaired) electrons. The molecule has 2 aromatic heterocycles. The molecule has 0 saturated carbocycles. The van der Waals surface area contributed by atoms with Gasteiger partial charge in [0.15, 0.2) is 0 Å². The molecule has 1 aliphatic carbocycles. The number of rotatable bonds is 4. The Morgan fingerprint density at radius 3 is 2.63 bits per heavy atom. The molecule has 0 amide bonds. The molecule has 0 bridgehead atoms. The van der Waals surface area contributed by atoms with Crippen molar-refractivity contribution in [1.29, 1.82) is 0 Å². The molecule has 1 unspecified atom stereocenters. The number of nitrogens with zero attached hydrogens (tertiary/aromatic N) is 3. The number of halogens is 2. The summed E-state index contributed by atoms with van der Waals surface area (Å²) in [5.41, 5.74) is 4.54. The van der Waals surface area contributed by atoms with Crippen molar-refractivity contribution in [2.45, 2.75) is 38.7 Å². The number of ether oxygens (including phenoxy) is 1. The van der Waals surface area contributed by atoms with Crippen molar-refractivity contribution in [1.82, 2.24) is 14.8 Å². The predicted molar refractivity (Wildman–Crippen MR) is 116 cm³/mol.